The van der Waals surface area contributed by atoms with Crippen LogP contribution in [0, 0.1) is 21.4 Å². The number of nitriles is 1. The van der Waals surface area contributed by atoms with Gasteiger partial charge in [-0.05, 0) is 36.4 Å². The number of carbonyl (C=O) groups excluding carboxylic acids is 2. The number of nitrogens with zero attached hydrogens (tertiary/aromatic N) is 3. The summed E-state index contributed by atoms with van der Waals surface area (Å²) in [6.07, 6.45) is 0.863. The van der Waals surface area contributed by atoms with E-state index in [1.807, 2.05) is 6.07 Å². The molecule has 1 aromatic heterocycles. The molecule has 31 heavy (non-hydrogen) atoms. The average Bonchev–Trinajstić information content (AvgIpc) is 3.23. The van der Waals surface area contributed by atoms with E-state index in [0.717, 1.165) is 6.07 Å². The van der Waals surface area contributed by atoms with Crippen LogP contribution in [0.5, 0.6) is 0 Å². The molecule has 0 unspecified atom stereocenters. The van der Waals surface area contributed by atoms with Crippen molar-refractivity contribution >= 4 is 29.0 Å². The zero-order valence-electron chi connectivity index (χ0n) is 15.8. The maximum Gasteiger partial charge on any atom is 0.352 e. The summed E-state index contributed by atoms with van der Waals surface area (Å²) in [5, 5.41) is 31.9. The predicted molar refractivity (Wildman–Crippen MR) is 108 cm³/mol. The van der Waals surface area contributed by atoms with Crippen LogP contribution in [-0.2, 0) is 4.79 Å². The topological polar surface area (TPSA) is 155 Å². The molecular formula is C21H14N4O6. The van der Waals surface area contributed by atoms with Crippen LogP contribution in [0.2, 0.25) is 0 Å². The van der Waals surface area contributed by atoms with Crippen LogP contribution in [0.25, 0.3) is 5.69 Å². The highest BCUT2D eigenvalue weighted by Crippen LogP contribution is 2.28. The third-order valence-electron chi connectivity index (χ3n) is 4.33. The number of nitrogens with one attached hydrogen (secondary N) is 1. The summed E-state index contributed by atoms with van der Waals surface area (Å²) >= 11 is 0. The second-order valence-electron chi connectivity index (χ2n) is 6.37. The molecule has 0 bridgehead atoms. The quantitative estimate of drug-likeness (QED) is 0.258. The molecule has 0 aliphatic heterocycles. The number of hydrogen-bond donors (Lipinski definition) is 2. The number of aromatic carboxylic acids is 1. The molecule has 3 aromatic rings. The molecule has 1 amide bonds. The Morgan fingerprint density at radius 2 is 1.90 bits per heavy atom. The van der Waals surface area contributed by atoms with Gasteiger partial charge in [0.1, 0.15) is 11.4 Å². The minimum atomic E-state index is -1.20. The molecule has 2 aromatic carbocycles. The standard InChI is InChI=1S/C21H14N4O6/c22-12-13-3-1-4-14(9-13)19(26)11-20(27)23-16-10-15(6-7-17(16)25(30)31)24-8-2-5-18(24)21(28)29/h1-10H,11H2,(H,23,27)(H,28,29). The Labute approximate surface area is 175 Å². The van der Waals surface area contributed by atoms with Crippen molar-refractivity contribution in [3.8, 4) is 11.8 Å². The molecular weight excluding hydrogens is 404 g/mol. The number of ketones is 1. The van der Waals surface area contributed by atoms with Gasteiger partial charge in [0.15, 0.2) is 5.78 Å². The highest BCUT2D eigenvalue weighted by atomic mass is 16.6. The molecule has 0 aliphatic carbocycles. The fraction of sp³-hybridized carbons (Fsp3) is 0.0476. The fourth-order valence-corrected chi connectivity index (χ4v) is 2.92. The number of nitro groups is 1. The third kappa shape index (κ3) is 4.63. The Balaban J connectivity index is 1.87. The van der Waals surface area contributed by atoms with Crippen molar-refractivity contribution in [2.75, 3.05) is 5.32 Å². The van der Waals surface area contributed by atoms with Crippen LogP contribution in [-0.4, -0.2) is 32.3 Å². The van der Waals surface area contributed by atoms with Crippen molar-refractivity contribution in [1.29, 1.82) is 5.26 Å². The Hall–Kier alpha value is -4.78. The second-order valence-corrected chi connectivity index (χ2v) is 6.37. The SMILES string of the molecule is N#Cc1cccc(C(=O)CC(=O)Nc2cc(-n3cccc3C(=O)O)ccc2[N+](=O)[O-])c1. The molecule has 1 heterocycles. The van der Waals surface area contributed by atoms with Crippen LogP contribution in [0.1, 0.15) is 32.8 Å². The molecule has 0 aliphatic rings. The summed E-state index contributed by atoms with van der Waals surface area (Å²) < 4.78 is 1.29. The number of hydrogen-bond acceptors (Lipinski definition) is 6. The van der Waals surface area contributed by atoms with Crippen LogP contribution in [0.3, 0.4) is 0 Å². The number of carboxylic acid groups (broad SMARTS) is 1. The molecule has 154 valence electrons. The molecule has 0 spiro atoms. The van der Waals surface area contributed by atoms with Gasteiger partial charge < -0.3 is 15.0 Å². The van der Waals surface area contributed by atoms with Crippen LogP contribution < -0.4 is 5.32 Å². The van der Waals surface area contributed by atoms with Gasteiger partial charge in [-0.15, -0.1) is 0 Å². The number of aromatic nitrogens is 1. The number of amides is 1. The summed E-state index contributed by atoms with van der Waals surface area (Å²) in [5.74, 6) is -2.55. The van der Waals surface area contributed by atoms with E-state index < -0.39 is 34.7 Å². The molecule has 3 rings (SSSR count). The molecule has 0 saturated heterocycles. The van der Waals surface area contributed by atoms with E-state index in [-0.39, 0.29) is 28.2 Å². The monoisotopic (exact) mass is 418 g/mol. The zero-order chi connectivity index (χ0) is 22.5. The van der Waals surface area contributed by atoms with Crippen molar-refractivity contribution in [1.82, 2.24) is 4.57 Å². The van der Waals surface area contributed by atoms with E-state index >= 15 is 0 Å². The van der Waals surface area contributed by atoms with Crippen molar-refractivity contribution < 1.29 is 24.4 Å². The summed E-state index contributed by atoms with van der Waals surface area (Å²) in [4.78, 5) is 46.7. The van der Waals surface area contributed by atoms with Crippen molar-refractivity contribution in [2.24, 2.45) is 0 Å². The average molecular weight is 418 g/mol. The number of carbonyl (C=O) groups is 3. The second kappa shape index (κ2) is 8.71. The van der Waals surface area contributed by atoms with Crippen LogP contribution >= 0.6 is 0 Å². The van der Waals surface area contributed by atoms with E-state index in [1.54, 1.807) is 0 Å². The van der Waals surface area contributed by atoms with Gasteiger partial charge in [0.25, 0.3) is 5.69 Å². The first-order valence-electron chi connectivity index (χ1n) is 8.83. The molecule has 0 saturated carbocycles. The van der Waals surface area contributed by atoms with Crippen molar-refractivity contribution in [3.63, 3.8) is 0 Å². The lowest BCUT2D eigenvalue weighted by Crippen LogP contribution is -2.18. The Morgan fingerprint density at radius 1 is 1.13 bits per heavy atom. The van der Waals surface area contributed by atoms with E-state index in [1.165, 1.54) is 59.3 Å². The third-order valence-corrected chi connectivity index (χ3v) is 4.33. The van der Waals surface area contributed by atoms with Gasteiger partial charge in [0, 0.05) is 23.5 Å². The number of nitro benzene ring substituents is 1. The molecule has 2 N–H and O–H groups in total. The van der Waals surface area contributed by atoms with Crippen molar-refractivity contribution in [2.45, 2.75) is 6.42 Å². The van der Waals surface area contributed by atoms with Gasteiger partial charge >= 0.3 is 5.97 Å². The fourth-order valence-electron chi connectivity index (χ4n) is 2.92. The number of anilines is 1. The van der Waals surface area contributed by atoms with Gasteiger partial charge in [-0.1, -0.05) is 12.1 Å². The van der Waals surface area contributed by atoms with Gasteiger partial charge in [-0.25, -0.2) is 4.79 Å². The van der Waals surface area contributed by atoms with Gasteiger partial charge in [-0.3, -0.25) is 19.7 Å². The normalized spacial score (nSPS) is 10.2. The highest BCUT2D eigenvalue weighted by molar-refractivity contribution is 6.11. The molecule has 10 heteroatoms. The largest absolute Gasteiger partial charge is 0.477 e. The predicted octanol–water partition coefficient (Wildman–Crippen LogP) is 3.17. The summed E-state index contributed by atoms with van der Waals surface area (Å²) in [5.41, 5.74) is 0.0256. The van der Waals surface area contributed by atoms with E-state index in [0.29, 0.717) is 0 Å². The first-order valence-corrected chi connectivity index (χ1v) is 8.83. The van der Waals surface area contributed by atoms with Crippen LogP contribution in [0.4, 0.5) is 11.4 Å². The number of benzene rings is 2. The Bertz CT molecular complexity index is 1250. The van der Waals surface area contributed by atoms with Crippen LogP contribution in [0.15, 0.2) is 60.8 Å². The minimum absolute atomic E-state index is 0.0707. The lowest BCUT2D eigenvalue weighted by Gasteiger charge is -2.10. The summed E-state index contributed by atoms with van der Waals surface area (Å²) in [6.45, 7) is 0. The highest BCUT2D eigenvalue weighted by Gasteiger charge is 2.20. The molecule has 0 radical (unpaired) electrons. The minimum Gasteiger partial charge on any atom is -0.477 e. The van der Waals surface area contributed by atoms with E-state index in [2.05, 4.69) is 5.32 Å². The summed E-state index contributed by atoms with van der Waals surface area (Å²) in [6, 6.07) is 14.3. The smallest absolute Gasteiger partial charge is 0.352 e. The Morgan fingerprint density at radius 3 is 2.58 bits per heavy atom. The lowest BCUT2D eigenvalue weighted by atomic mass is 10.1. The number of Topliss-reactive ketones (excluding diaryl/α,β-unsaturated/α-hetero) is 1. The first kappa shape index (κ1) is 20.9. The first-order chi connectivity index (χ1) is 14.8. The lowest BCUT2D eigenvalue weighted by molar-refractivity contribution is -0.383. The number of rotatable bonds is 7. The van der Waals surface area contributed by atoms with Gasteiger partial charge in [0.05, 0.1) is 23.0 Å². The van der Waals surface area contributed by atoms with Crippen molar-refractivity contribution in [3.05, 3.63) is 87.7 Å². The Kier molecular flexibility index (Phi) is 5.88. The summed E-state index contributed by atoms with van der Waals surface area (Å²) in [7, 11) is 0. The van der Waals surface area contributed by atoms with Gasteiger partial charge in [0.2, 0.25) is 5.91 Å². The van der Waals surface area contributed by atoms with E-state index in [9.17, 15) is 29.6 Å². The number of carboxylic acids is 1. The van der Waals surface area contributed by atoms with E-state index in [4.69, 9.17) is 5.26 Å². The van der Waals surface area contributed by atoms with Gasteiger partial charge in [-0.2, -0.15) is 5.26 Å². The zero-order valence-corrected chi connectivity index (χ0v) is 15.8. The molecule has 0 fully saturated rings. The molecule has 0 atom stereocenters. The maximum absolute atomic E-state index is 12.4. The maximum atomic E-state index is 12.4. The molecule has 10 nitrogen and oxygen atoms in total.